The maximum Gasteiger partial charge on any atom is 0.0438 e. The summed E-state index contributed by atoms with van der Waals surface area (Å²) in [6.07, 6.45) is 0. The lowest BCUT2D eigenvalue weighted by Crippen LogP contribution is -2.27. The van der Waals surface area contributed by atoms with Crippen molar-refractivity contribution in [2.75, 3.05) is 13.1 Å². The Morgan fingerprint density at radius 2 is 2.21 bits per heavy atom. The molecule has 0 amide bonds. The molecule has 1 aromatic rings. The molecule has 1 saturated heterocycles. The van der Waals surface area contributed by atoms with Crippen LogP contribution in [0.1, 0.15) is 17.0 Å². The molecular weight excluding hydrogens is 196 g/mol. The van der Waals surface area contributed by atoms with Crippen LogP contribution >= 0.6 is 11.6 Å². The minimum atomic E-state index is 0.215. The van der Waals surface area contributed by atoms with E-state index in [1.807, 2.05) is 12.1 Å². The van der Waals surface area contributed by atoms with E-state index < -0.39 is 0 Å². The maximum atomic E-state index is 6.08. The highest BCUT2D eigenvalue weighted by Gasteiger charge is 2.26. The highest BCUT2D eigenvalue weighted by Crippen LogP contribution is 2.28. The summed E-state index contributed by atoms with van der Waals surface area (Å²) in [5.74, 6) is 0.411. The van der Waals surface area contributed by atoms with E-state index >= 15 is 0 Å². The molecule has 0 aliphatic carbocycles. The van der Waals surface area contributed by atoms with E-state index in [0.717, 1.165) is 18.1 Å². The first-order valence-corrected chi connectivity index (χ1v) is 5.29. The zero-order chi connectivity index (χ0) is 10.1. The van der Waals surface area contributed by atoms with Crippen molar-refractivity contribution in [2.24, 2.45) is 5.73 Å². The number of hydrogen-bond acceptors (Lipinski definition) is 2. The van der Waals surface area contributed by atoms with Gasteiger partial charge in [0.05, 0.1) is 0 Å². The van der Waals surface area contributed by atoms with E-state index in [2.05, 4.69) is 18.3 Å². The third-order valence-electron chi connectivity index (χ3n) is 2.97. The second kappa shape index (κ2) is 3.89. The molecule has 1 aliphatic heterocycles. The highest BCUT2D eigenvalue weighted by atomic mass is 35.5. The van der Waals surface area contributed by atoms with Gasteiger partial charge < -0.3 is 11.1 Å². The summed E-state index contributed by atoms with van der Waals surface area (Å²) in [5, 5.41) is 4.13. The molecule has 76 valence electrons. The van der Waals surface area contributed by atoms with E-state index in [9.17, 15) is 0 Å². The third-order valence-corrected chi connectivity index (χ3v) is 3.38. The topological polar surface area (TPSA) is 38.0 Å². The van der Waals surface area contributed by atoms with Crippen molar-refractivity contribution in [3.05, 3.63) is 34.3 Å². The van der Waals surface area contributed by atoms with Gasteiger partial charge in [-0.2, -0.15) is 0 Å². The summed E-state index contributed by atoms with van der Waals surface area (Å²) < 4.78 is 0. The first-order chi connectivity index (χ1) is 6.70. The Hall–Kier alpha value is -0.570. The normalized spacial score (nSPS) is 26.8. The van der Waals surface area contributed by atoms with Gasteiger partial charge in [0.2, 0.25) is 0 Å². The fourth-order valence-corrected chi connectivity index (χ4v) is 2.25. The van der Waals surface area contributed by atoms with Gasteiger partial charge in [0.25, 0.3) is 0 Å². The monoisotopic (exact) mass is 210 g/mol. The van der Waals surface area contributed by atoms with Crippen LogP contribution in [-0.2, 0) is 0 Å². The number of benzene rings is 1. The van der Waals surface area contributed by atoms with Crippen LogP contribution in [0, 0.1) is 6.92 Å². The van der Waals surface area contributed by atoms with Gasteiger partial charge >= 0.3 is 0 Å². The molecule has 2 unspecified atom stereocenters. The minimum absolute atomic E-state index is 0.215. The van der Waals surface area contributed by atoms with E-state index in [4.69, 9.17) is 17.3 Å². The molecule has 3 heteroatoms. The number of nitrogens with one attached hydrogen (secondary N) is 1. The molecule has 2 nitrogen and oxygen atoms in total. The summed E-state index contributed by atoms with van der Waals surface area (Å²) in [6.45, 7) is 3.92. The maximum absolute atomic E-state index is 6.08. The van der Waals surface area contributed by atoms with Crippen molar-refractivity contribution < 1.29 is 0 Å². The molecule has 1 fully saturated rings. The van der Waals surface area contributed by atoms with Crippen LogP contribution in [0.3, 0.4) is 0 Å². The Labute approximate surface area is 89.4 Å². The smallest absolute Gasteiger partial charge is 0.0438 e. The van der Waals surface area contributed by atoms with Crippen LogP contribution in [0.5, 0.6) is 0 Å². The first kappa shape index (κ1) is 9.97. The van der Waals surface area contributed by atoms with Crippen molar-refractivity contribution in [3.63, 3.8) is 0 Å². The largest absolute Gasteiger partial charge is 0.326 e. The Kier molecular flexibility index (Phi) is 2.77. The molecule has 14 heavy (non-hydrogen) atoms. The fraction of sp³-hybridized carbons (Fsp3) is 0.455. The zero-order valence-corrected chi connectivity index (χ0v) is 9.01. The summed E-state index contributed by atoms with van der Waals surface area (Å²) in [6, 6.07) is 6.26. The molecule has 2 rings (SSSR count). The van der Waals surface area contributed by atoms with Crippen molar-refractivity contribution in [2.45, 2.75) is 18.9 Å². The Balaban J connectivity index is 2.36. The Bertz CT molecular complexity index is 338. The second-order valence-electron chi connectivity index (χ2n) is 3.88. The highest BCUT2D eigenvalue weighted by molar-refractivity contribution is 6.31. The molecule has 0 bridgehead atoms. The van der Waals surface area contributed by atoms with Gasteiger partial charge in [0.1, 0.15) is 0 Å². The molecule has 2 atom stereocenters. The number of hydrogen-bond donors (Lipinski definition) is 2. The summed E-state index contributed by atoms with van der Waals surface area (Å²) in [7, 11) is 0. The molecule has 1 heterocycles. The average Bonchev–Trinajstić information content (AvgIpc) is 2.57. The lowest BCUT2D eigenvalue weighted by molar-refractivity contribution is 0.650. The predicted octanol–water partition coefficient (Wildman–Crippen LogP) is 1.66. The first-order valence-electron chi connectivity index (χ1n) is 4.91. The minimum Gasteiger partial charge on any atom is -0.326 e. The number of rotatable bonds is 1. The lowest BCUT2D eigenvalue weighted by Gasteiger charge is -2.17. The van der Waals surface area contributed by atoms with Gasteiger partial charge in [-0.15, -0.1) is 0 Å². The molecule has 3 N–H and O–H groups in total. The van der Waals surface area contributed by atoms with Crippen molar-refractivity contribution >= 4 is 11.6 Å². The van der Waals surface area contributed by atoms with Crippen LogP contribution in [0.25, 0.3) is 0 Å². The van der Waals surface area contributed by atoms with E-state index in [1.165, 1.54) is 11.1 Å². The van der Waals surface area contributed by atoms with Gasteiger partial charge in [-0.3, -0.25) is 0 Å². The molecular formula is C11H15ClN2. The predicted molar refractivity (Wildman–Crippen MR) is 59.8 cm³/mol. The van der Waals surface area contributed by atoms with Crippen LogP contribution in [-0.4, -0.2) is 19.1 Å². The molecule has 0 saturated carbocycles. The SMILES string of the molecule is Cc1c(Cl)cccc1C1CNCC1N. The van der Waals surface area contributed by atoms with E-state index in [0.29, 0.717) is 5.92 Å². The molecule has 0 spiro atoms. The average molecular weight is 211 g/mol. The van der Waals surface area contributed by atoms with Gasteiger partial charge in [0, 0.05) is 30.1 Å². The quantitative estimate of drug-likeness (QED) is 0.740. The van der Waals surface area contributed by atoms with Crippen LogP contribution in [0.15, 0.2) is 18.2 Å². The lowest BCUT2D eigenvalue weighted by atomic mass is 9.91. The van der Waals surface area contributed by atoms with Gasteiger partial charge in [-0.1, -0.05) is 23.7 Å². The van der Waals surface area contributed by atoms with Crippen LogP contribution < -0.4 is 11.1 Å². The summed E-state index contributed by atoms with van der Waals surface area (Å²) >= 11 is 6.08. The molecule has 0 aromatic heterocycles. The zero-order valence-electron chi connectivity index (χ0n) is 8.26. The molecule has 0 radical (unpaired) electrons. The van der Waals surface area contributed by atoms with Crippen LogP contribution in [0.4, 0.5) is 0 Å². The number of halogens is 1. The molecule has 1 aromatic carbocycles. The van der Waals surface area contributed by atoms with Crippen molar-refractivity contribution in [1.29, 1.82) is 0 Å². The number of nitrogens with two attached hydrogens (primary N) is 1. The van der Waals surface area contributed by atoms with Gasteiger partial charge in [-0.25, -0.2) is 0 Å². The van der Waals surface area contributed by atoms with Crippen molar-refractivity contribution in [3.8, 4) is 0 Å². The Morgan fingerprint density at radius 3 is 2.86 bits per heavy atom. The Morgan fingerprint density at radius 1 is 1.43 bits per heavy atom. The third kappa shape index (κ3) is 1.65. The summed E-state index contributed by atoms with van der Waals surface area (Å²) in [4.78, 5) is 0. The van der Waals surface area contributed by atoms with Gasteiger partial charge in [-0.05, 0) is 24.1 Å². The van der Waals surface area contributed by atoms with E-state index in [-0.39, 0.29) is 6.04 Å². The summed E-state index contributed by atoms with van der Waals surface area (Å²) in [5.41, 5.74) is 8.48. The van der Waals surface area contributed by atoms with Crippen molar-refractivity contribution in [1.82, 2.24) is 5.32 Å². The molecule has 1 aliphatic rings. The second-order valence-corrected chi connectivity index (χ2v) is 4.29. The van der Waals surface area contributed by atoms with E-state index in [1.54, 1.807) is 0 Å². The standard InChI is InChI=1S/C11H15ClN2/c1-7-8(3-2-4-10(7)12)9-5-14-6-11(9)13/h2-4,9,11,14H,5-6,13H2,1H3. The van der Waals surface area contributed by atoms with Gasteiger partial charge in [0.15, 0.2) is 0 Å². The fourth-order valence-electron chi connectivity index (χ4n) is 2.07. The van der Waals surface area contributed by atoms with Crippen LogP contribution in [0.2, 0.25) is 5.02 Å².